The standard InChI is InChI=1S/C11H16N2OS/c1-7-3-4-9(12)11(13-7)15-10-5-6-14-8(10)2/h3-4,8,10H,5-6,12H2,1-2H3. The Labute approximate surface area is 94.4 Å². The van der Waals surface area contributed by atoms with Crippen molar-refractivity contribution >= 4 is 17.4 Å². The van der Waals surface area contributed by atoms with Gasteiger partial charge in [0.05, 0.1) is 11.8 Å². The highest BCUT2D eigenvalue weighted by atomic mass is 32.2. The highest BCUT2D eigenvalue weighted by Gasteiger charge is 2.26. The summed E-state index contributed by atoms with van der Waals surface area (Å²) in [6.45, 7) is 4.94. The SMILES string of the molecule is Cc1ccc(N)c(SC2CCOC2C)n1. The molecule has 0 spiro atoms. The Bertz CT molecular complexity index is 356. The molecule has 1 aliphatic heterocycles. The fraction of sp³-hybridized carbons (Fsp3) is 0.545. The molecule has 2 heterocycles. The summed E-state index contributed by atoms with van der Waals surface area (Å²) in [5.41, 5.74) is 7.67. The lowest BCUT2D eigenvalue weighted by Gasteiger charge is -2.14. The van der Waals surface area contributed by atoms with Crippen molar-refractivity contribution in [2.45, 2.75) is 36.6 Å². The number of aryl methyl sites for hydroxylation is 1. The Morgan fingerprint density at radius 3 is 3.00 bits per heavy atom. The van der Waals surface area contributed by atoms with E-state index in [0.29, 0.717) is 11.4 Å². The summed E-state index contributed by atoms with van der Waals surface area (Å²) < 4.78 is 5.52. The number of ether oxygens (including phenoxy) is 1. The van der Waals surface area contributed by atoms with E-state index in [0.717, 1.165) is 29.4 Å². The molecule has 82 valence electrons. The number of aromatic nitrogens is 1. The Kier molecular flexibility index (Phi) is 3.17. The summed E-state index contributed by atoms with van der Waals surface area (Å²) in [6.07, 6.45) is 1.39. The van der Waals surface area contributed by atoms with Gasteiger partial charge in [0.15, 0.2) is 0 Å². The molecule has 15 heavy (non-hydrogen) atoms. The monoisotopic (exact) mass is 224 g/mol. The van der Waals surface area contributed by atoms with Crippen LogP contribution < -0.4 is 5.73 Å². The van der Waals surface area contributed by atoms with Crippen molar-refractivity contribution in [2.24, 2.45) is 0 Å². The van der Waals surface area contributed by atoms with Crippen LogP contribution in [0.3, 0.4) is 0 Å². The molecule has 1 aromatic rings. The summed E-state index contributed by atoms with van der Waals surface area (Å²) in [5.74, 6) is 0. The third kappa shape index (κ3) is 2.44. The zero-order chi connectivity index (χ0) is 10.8. The van der Waals surface area contributed by atoms with Gasteiger partial charge in [0.25, 0.3) is 0 Å². The van der Waals surface area contributed by atoms with Gasteiger partial charge in [-0.05, 0) is 32.4 Å². The van der Waals surface area contributed by atoms with Gasteiger partial charge >= 0.3 is 0 Å². The predicted octanol–water partition coefficient (Wildman–Crippen LogP) is 2.24. The summed E-state index contributed by atoms with van der Waals surface area (Å²) in [7, 11) is 0. The van der Waals surface area contributed by atoms with Crippen molar-refractivity contribution in [1.29, 1.82) is 0 Å². The molecule has 0 aliphatic carbocycles. The van der Waals surface area contributed by atoms with Gasteiger partial charge in [-0.1, -0.05) is 11.8 Å². The molecule has 1 aromatic heterocycles. The molecule has 2 atom stereocenters. The molecule has 3 nitrogen and oxygen atoms in total. The molecule has 1 fully saturated rings. The van der Waals surface area contributed by atoms with Crippen molar-refractivity contribution in [3.05, 3.63) is 17.8 Å². The highest BCUT2D eigenvalue weighted by Crippen LogP contribution is 2.34. The lowest BCUT2D eigenvalue weighted by molar-refractivity contribution is 0.127. The predicted molar refractivity (Wildman–Crippen MR) is 63.1 cm³/mol. The number of thioether (sulfide) groups is 1. The Balaban J connectivity index is 2.12. The second-order valence-electron chi connectivity index (χ2n) is 3.87. The summed E-state index contributed by atoms with van der Waals surface area (Å²) >= 11 is 1.74. The van der Waals surface area contributed by atoms with E-state index in [1.54, 1.807) is 11.8 Å². The van der Waals surface area contributed by atoms with E-state index < -0.39 is 0 Å². The number of hydrogen-bond acceptors (Lipinski definition) is 4. The van der Waals surface area contributed by atoms with Gasteiger partial charge in [-0.3, -0.25) is 0 Å². The van der Waals surface area contributed by atoms with Crippen LogP contribution in [0, 0.1) is 6.92 Å². The number of nitrogen functional groups attached to an aromatic ring is 1. The van der Waals surface area contributed by atoms with Gasteiger partial charge in [-0.15, -0.1) is 0 Å². The zero-order valence-corrected chi connectivity index (χ0v) is 9.88. The molecule has 0 aromatic carbocycles. The molecule has 1 aliphatic rings. The van der Waals surface area contributed by atoms with Gasteiger partial charge < -0.3 is 10.5 Å². The number of pyridine rings is 1. The van der Waals surface area contributed by atoms with Crippen molar-refractivity contribution in [1.82, 2.24) is 4.98 Å². The Morgan fingerprint density at radius 1 is 1.53 bits per heavy atom. The maximum atomic E-state index is 5.89. The lowest BCUT2D eigenvalue weighted by Crippen LogP contribution is -2.13. The van der Waals surface area contributed by atoms with Crippen LogP contribution in [0.5, 0.6) is 0 Å². The molecular weight excluding hydrogens is 208 g/mol. The molecule has 2 rings (SSSR count). The highest BCUT2D eigenvalue weighted by molar-refractivity contribution is 8.00. The summed E-state index contributed by atoms with van der Waals surface area (Å²) in [4.78, 5) is 4.45. The maximum absolute atomic E-state index is 5.89. The molecular formula is C11H16N2OS. The topological polar surface area (TPSA) is 48.1 Å². The molecule has 0 bridgehead atoms. The van der Waals surface area contributed by atoms with Gasteiger partial charge in [0, 0.05) is 17.6 Å². The molecule has 0 amide bonds. The smallest absolute Gasteiger partial charge is 0.120 e. The minimum absolute atomic E-state index is 0.303. The van der Waals surface area contributed by atoms with Crippen molar-refractivity contribution in [2.75, 3.05) is 12.3 Å². The number of anilines is 1. The molecule has 2 unspecified atom stereocenters. The van der Waals surface area contributed by atoms with E-state index in [-0.39, 0.29) is 0 Å². The Morgan fingerprint density at radius 2 is 2.33 bits per heavy atom. The lowest BCUT2D eigenvalue weighted by atomic mass is 10.3. The van der Waals surface area contributed by atoms with Crippen molar-refractivity contribution < 1.29 is 4.74 Å². The maximum Gasteiger partial charge on any atom is 0.120 e. The van der Waals surface area contributed by atoms with E-state index in [1.807, 2.05) is 19.1 Å². The minimum atomic E-state index is 0.303. The van der Waals surface area contributed by atoms with E-state index in [1.165, 1.54) is 0 Å². The van der Waals surface area contributed by atoms with Crippen LogP contribution >= 0.6 is 11.8 Å². The third-order valence-electron chi connectivity index (χ3n) is 2.60. The average Bonchev–Trinajstić information content (AvgIpc) is 2.58. The summed E-state index contributed by atoms with van der Waals surface area (Å²) in [6, 6.07) is 3.86. The van der Waals surface area contributed by atoms with E-state index >= 15 is 0 Å². The second-order valence-corrected chi connectivity index (χ2v) is 5.10. The Hall–Kier alpha value is -0.740. The molecule has 0 radical (unpaired) electrons. The van der Waals surface area contributed by atoms with Gasteiger partial charge in [-0.25, -0.2) is 4.98 Å². The second kappa shape index (κ2) is 4.41. The van der Waals surface area contributed by atoms with Crippen LogP contribution in [0.4, 0.5) is 5.69 Å². The minimum Gasteiger partial charge on any atom is -0.397 e. The van der Waals surface area contributed by atoms with Crippen molar-refractivity contribution in [3.63, 3.8) is 0 Å². The number of hydrogen-bond donors (Lipinski definition) is 1. The van der Waals surface area contributed by atoms with Gasteiger partial charge in [0.1, 0.15) is 5.03 Å². The van der Waals surface area contributed by atoms with Crippen LogP contribution in [0.15, 0.2) is 17.2 Å². The number of nitrogens with two attached hydrogens (primary N) is 1. The van der Waals surface area contributed by atoms with E-state index in [4.69, 9.17) is 10.5 Å². The van der Waals surface area contributed by atoms with E-state index in [2.05, 4.69) is 11.9 Å². The van der Waals surface area contributed by atoms with Gasteiger partial charge in [0.2, 0.25) is 0 Å². The first-order valence-electron chi connectivity index (χ1n) is 5.18. The largest absolute Gasteiger partial charge is 0.397 e. The van der Waals surface area contributed by atoms with Crippen LogP contribution in [-0.2, 0) is 4.74 Å². The quantitative estimate of drug-likeness (QED) is 0.837. The van der Waals surface area contributed by atoms with Crippen LogP contribution in [0.1, 0.15) is 19.0 Å². The first kappa shape index (κ1) is 10.8. The summed E-state index contributed by atoms with van der Waals surface area (Å²) in [5, 5.41) is 1.43. The normalized spacial score (nSPS) is 25.7. The zero-order valence-electron chi connectivity index (χ0n) is 9.06. The van der Waals surface area contributed by atoms with E-state index in [9.17, 15) is 0 Å². The first-order valence-corrected chi connectivity index (χ1v) is 6.06. The van der Waals surface area contributed by atoms with Crippen molar-refractivity contribution in [3.8, 4) is 0 Å². The molecule has 4 heteroatoms. The average molecular weight is 224 g/mol. The molecule has 0 saturated carbocycles. The van der Waals surface area contributed by atoms with Gasteiger partial charge in [-0.2, -0.15) is 0 Å². The number of rotatable bonds is 2. The third-order valence-corrected chi connectivity index (χ3v) is 4.07. The first-order chi connectivity index (χ1) is 7.16. The fourth-order valence-corrected chi connectivity index (χ4v) is 2.82. The molecule has 1 saturated heterocycles. The molecule has 2 N–H and O–H groups in total. The van der Waals surface area contributed by atoms with Crippen LogP contribution in [0.2, 0.25) is 0 Å². The number of nitrogens with zero attached hydrogens (tertiary/aromatic N) is 1. The van der Waals surface area contributed by atoms with Crippen LogP contribution in [0.25, 0.3) is 0 Å². The fourth-order valence-electron chi connectivity index (χ4n) is 1.65. The van der Waals surface area contributed by atoms with Crippen LogP contribution in [-0.4, -0.2) is 22.9 Å².